The number of hydrogen-bond donors (Lipinski definition) is 1. The van der Waals surface area contributed by atoms with Gasteiger partial charge in [-0.3, -0.25) is 9.20 Å². The van der Waals surface area contributed by atoms with Gasteiger partial charge in [0, 0.05) is 37.6 Å². The van der Waals surface area contributed by atoms with Crippen LogP contribution in [0.1, 0.15) is 53.0 Å². The van der Waals surface area contributed by atoms with E-state index in [4.69, 9.17) is 0 Å². The van der Waals surface area contributed by atoms with Crippen molar-refractivity contribution in [2.24, 2.45) is 0 Å². The Morgan fingerprint density at radius 2 is 1.71 bits per heavy atom. The van der Waals surface area contributed by atoms with Gasteiger partial charge in [0.1, 0.15) is 23.0 Å². The molecule has 0 radical (unpaired) electrons. The average molecular weight is 475 g/mol. The van der Waals surface area contributed by atoms with E-state index in [1.807, 2.05) is 31.2 Å². The molecule has 5 rings (SSSR count). The van der Waals surface area contributed by atoms with E-state index in [-0.39, 0.29) is 17.5 Å². The van der Waals surface area contributed by atoms with Crippen molar-refractivity contribution in [2.75, 3.05) is 18.0 Å². The van der Waals surface area contributed by atoms with Gasteiger partial charge in [-0.25, -0.2) is 13.8 Å². The Hall–Kier alpha value is -3.74. The Labute approximate surface area is 203 Å². The first-order valence-electron chi connectivity index (χ1n) is 12.1. The van der Waals surface area contributed by atoms with Crippen LogP contribution in [-0.4, -0.2) is 28.4 Å². The second-order valence-corrected chi connectivity index (χ2v) is 9.00. The SMILES string of the molecule is CCc1nc2cc(F)ccn2c1C(=O)NCc1ccc(N2CCC(c3ccc(F)cc3)CC2)cc1. The summed E-state index contributed by atoms with van der Waals surface area (Å²) in [5.74, 6) is -0.336. The number of halogens is 2. The summed E-state index contributed by atoms with van der Waals surface area (Å²) in [6.45, 7) is 4.22. The zero-order valence-electron chi connectivity index (χ0n) is 19.7. The van der Waals surface area contributed by atoms with Gasteiger partial charge in [0.25, 0.3) is 5.91 Å². The molecule has 1 N–H and O–H groups in total. The molecule has 1 amide bonds. The number of amides is 1. The first-order chi connectivity index (χ1) is 17.0. The lowest BCUT2D eigenvalue weighted by Crippen LogP contribution is -2.32. The molecule has 4 aromatic rings. The summed E-state index contributed by atoms with van der Waals surface area (Å²) < 4.78 is 28.4. The van der Waals surface area contributed by atoms with E-state index in [1.165, 1.54) is 29.8 Å². The summed E-state index contributed by atoms with van der Waals surface area (Å²) in [5, 5.41) is 2.98. The van der Waals surface area contributed by atoms with Crippen molar-refractivity contribution in [1.29, 1.82) is 0 Å². The number of nitrogens with one attached hydrogen (secondary N) is 1. The van der Waals surface area contributed by atoms with E-state index in [0.717, 1.165) is 37.2 Å². The van der Waals surface area contributed by atoms with Gasteiger partial charge in [0.2, 0.25) is 0 Å². The van der Waals surface area contributed by atoms with Gasteiger partial charge in [0.15, 0.2) is 0 Å². The molecule has 0 atom stereocenters. The maximum absolute atomic E-state index is 13.6. The van der Waals surface area contributed by atoms with Crippen molar-refractivity contribution < 1.29 is 13.6 Å². The van der Waals surface area contributed by atoms with Crippen molar-refractivity contribution in [3.05, 3.63) is 101 Å². The van der Waals surface area contributed by atoms with Crippen LogP contribution in [0.4, 0.5) is 14.5 Å². The fraction of sp³-hybridized carbons (Fsp3) is 0.286. The number of nitrogens with zero attached hydrogens (tertiary/aromatic N) is 3. The van der Waals surface area contributed by atoms with Crippen molar-refractivity contribution in [3.8, 4) is 0 Å². The number of rotatable bonds is 6. The first-order valence-corrected chi connectivity index (χ1v) is 12.1. The molecule has 1 fully saturated rings. The Morgan fingerprint density at radius 1 is 1.00 bits per heavy atom. The van der Waals surface area contributed by atoms with E-state index in [0.29, 0.717) is 35.9 Å². The third-order valence-corrected chi connectivity index (χ3v) is 6.80. The minimum atomic E-state index is -0.378. The number of pyridine rings is 1. The van der Waals surface area contributed by atoms with Crippen molar-refractivity contribution in [2.45, 2.75) is 38.6 Å². The lowest BCUT2D eigenvalue weighted by Gasteiger charge is -2.34. The van der Waals surface area contributed by atoms with Crippen LogP contribution >= 0.6 is 0 Å². The highest BCUT2D eigenvalue weighted by Gasteiger charge is 2.21. The molecule has 3 heterocycles. The number of piperidine rings is 1. The molecule has 0 bridgehead atoms. The van der Waals surface area contributed by atoms with Gasteiger partial charge in [-0.05, 0) is 66.6 Å². The lowest BCUT2D eigenvalue weighted by atomic mass is 9.89. The lowest BCUT2D eigenvalue weighted by molar-refractivity contribution is 0.0944. The van der Waals surface area contributed by atoms with Gasteiger partial charge in [0.05, 0.1) is 5.69 Å². The fourth-order valence-electron chi connectivity index (χ4n) is 4.85. The number of anilines is 1. The minimum absolute atomic E-state index is 0.192. The Bertz CT molecular complexity index is 1320. The molecule has 1 saturated heterocycles. The van der Waals surface area contributed by atoms with Crippen LogP contribution in [-0.2, 0) is 13.0 Å². The van der Waals surface area contributed by atoms with Gasteiger partial charge >= 0.3 is 0 Å². The Balaban J connectivity index is 1.19. The number of benzene rings is 2. The predicted octanol–water partition coefficient (Wildman–Crippen LogP) is 5.49. The van der Waals surface area contributed by atoms with E-state index in [2.05, 4.69) is 27.3 Å². The van der Waals surface area contributed by atoms with Gasteiger partial charge < -0.3 is 10.2 Å². The molecule has 2 aromatic heterocycles. The summed E-state index contributed by atoms with van der Waals surface area (Å²) >= 11 is 0. The average Bonchev–Trinajstić information content (AvgIpc) is 3.26. The summed E-state index contributed by atoms with van der Waals surface area (Å²) in [6, 6.07) is 17.8. The van der Waals surface area contributed by atoms with Crippen molar-refractivity contribution in [1.82, 2.24) is 14.7 Å². The largest absolute Gasteiger partial charge is 0.371 e. The van der Waals surface area contributed by atoms with E-state index < -0.39 is 0 Å². The van der Waals surface area contributed by atoms with E-state index in [9.17, 15) is 13.6 Å². The topological polar surface area (TPSA) is 49.6 Å². The van der Waals surface area contributed by atoms with Crippen LogP contribution < -0.4 is 10.2 Å². The zero-order valence-corrected chi connectivity index (χ0v) is 19.7. The normalized spacial score (nSPS) is 14.4. The molecule has 0 unspecified atom stereocenters. The summed E-state index contributed by atoms with van der Waals surface area (Å²) in [7, 11) is 0. The summed E-state index contributed by atoms with van der Waals surface area (Å²) in [5.41, 5.74) is 4.89. The first kappa shape index (κ1) is 23.0. The maximum Gasteiger partial charge on any atom is 0.270 e. The molecule has 0 spiro atoms. The van der Waals surface area contributed by atoms with Gasteiger partial charge in [-0.1, -0.05) is 31.2 Å². The number of hydrogen-bond acceptors (Lipinski definition) is 3. The van der Waals surface area contributed by atoms with Crippen LogP contribution in [0, 0.1) is 11.6 Å². The smallest absolute Gasteiger partial charge is 0.270 e. The highest BCUT2D eigenvalue weighted by molar-refractivity contribution is 5.94. The van der Waals surface area contributed by atoms with Crippen molar-refractivity contribution >= 4 is 17.2 Å². The second-order valence-electron chi connectivity index (χ2n) is 9.00. The third-order valence-electron chi connectivity index (χ3n) is 6.80. The molecule has 1 aliphatic heterocycles. The molecule has 5 nitrogen and oxygen atoms in total. The van der Waals surface area contributed by atoms with Crippen LogP contribution in [0.15, 0.2) is 66.9 Å². The standard InChI is InChI=1S/C28H28F2N4O/c1-2-25-27(34-16-13-23(30)17-26(34)32-25)28(35)31-18-19-3-9-24(10-4-19)33-14-11-21(12-15-33)20-5-7-22(29)8-6-20/h3-10,13,16-17,21H,2,11-12,14-15,18H2,1H3,(H,31,35). The number of carbonyl (C=O) groups excluding carboxylic acids is 1. The molecule has 180 valence electrons. The fourth-order valence-corrected chi connectivity index (χ4v) is 4.85. The quantitative estimate of drug-likeness (QED) is 0.402. The number of aromatic nitrogens is 2. The van der Waals surface area contributed by atoms with Crippen LogP contribution in [0.2, 0.25) is 0 Å². The summed E-state index contributed by atoms with van der Waals surface area (Å²) in [6.07, 6.45) is 4.19. The summed E-state index contributed by atoms with van der Waals surface area (Å²) in [4.78, 5) is 19.7. The van der Waals surface area contributed by atoms with Crippen molar-refractivity contribution in [3.63, 3.8) is 0 Å². The minimum Gasteiger partial charge on any atom is -0.371 e. The molecule has 7 heteroatoms. The molecule has 0 saturated carbocycles. The maximum atomic E-state index is 13.6. The number of aryl methyl sites for hydroxylation is 1. The molecular formula is C28H28F2N4O. The van der Waals surface area contributed by atoms with E-state index >= 15 is 0 Å². The molecular weight excluding hydrogens is 446 g/mol. The molecule has 2 aromatic carbocycles. The third kappa shape index (κ3) is 4.90. The molecule has 0 aliphatic carbocycles. The van der Waals surface area contributed by atoms with E-state index in [1.54, 1.807) is 10.6 Å². The highest BCUT2D eigenvalue weighted by Crippen LogP contribution is 2.30. The van der Waals surface area contributed by atoms with Gasteiger partial charge in [-0.2, -0.15) is 0 Å². The number of carbonyl (C=O) groups is 1. The van der Waals surface area contributed by atoms with Crippen LogP contribution in [0.3, 0.4) is 0 Å². The zero-order chi connectivity index (χ0) is 24.4. The number of fused-ring (bicyclic) bond motifs is 1. The monoisotopic (exact) mass is 474 g/mol. The van der Waals surface area contributed by atoms with Crippen LogP contribution in [0.25, 0.3) is 5.65 Å². The molecule has 35 heavy (non-hydrogen) atoms. The second kappa shape index (κ2) is 9.86. The molecule has 1 aliphatic rings. The predicted molar refractivity (Wildman–Crippen MR) is 133 cm³/mol. The van der Waals surface area contributed by atoms with Gasteiger partial charge in [-0.15, -0.1) is 0 Å². The highest BCUT2D eigenvalue weighted by atomic mass is 19.1. The Morgan fingerprint density at radius 3 is 2.40 bits per heavy atom. The number of imidazole rings is 1. The van der Waals surface area contributed by atoms with Crippen LogP contribution in [0.5, 0.6) is 0 Å². The Kier molecular flexibility index (Phi) is 6.49.